The first-order valence-electron chi connectivity index (χ1n) is 10.8. The molecule has 2 aliphatic heterocycles. The van der Waals surface area contributed by atoms with Gasteiger partial charge < -0.3 is 24.9 Å². The molecule has 1 saturated heterocycles. The van der Waals surface area contributed by atoms with E-state index in [0.29, 0.717) is 30.1 Å². The van der Waals surface area contributed by atoms with E-state index >= 15 is 0 Å². The number of nitrogens with one attached hydrogen (secondary N) is 2. The molecular weight excluding hydrogens is 408 g/mol. The number of ether oxygens (including phenoxy) is 2. The van der Waals surface area contributed by atoms with E-state index in [2.05, 4.69) is 20.2 Å². The fourth-order valence-corrected chi connectivity index (χ4v) is 4.57. The van der Waals surface area contributed by atoms with Crippen LogP contribution in [-0.2, 0) is 17.8 Å². The van der Waals surface area contributed by atoms with Crippen molar-refractivity contribution < 1.29 is 19.4 Å². The Labute approximate surface area is 186 Å². The molecule has 5 rings (SSSR count). The van der Waals surface area contributed by atoms with E-state index < -0.39 is 0 Å². The van der Waals surface area contributed by atoms with Gasteiger partial charge in [0.2, 0.25) is 5.91 Å². The molecule has 3 heterocycles. The van der Waals surface area contributed by atoms with Gasteiger partial charge in [-0.05, 0) is 41.8 Å². The zero-order valence-electron chi connectivity index (χ0n) is 17.9. The van der Waals surface area contributed by atoms with Gasteiger partial charge in [-0.3, -0.25) is 9.69 Å². The zero-order chi connectivity index (χ0) is 22.1. The maximum atomic E-state index is 12.8. The molecule has 3 aromatic rings. The van der Waals surface area contributed by atoms with Crippen LogP contribution in [0.4, 0.5) is 0 Å². The number of aromatic hydroxyl groups is 1. The minimum atomic E-state index is -0.0241. The van der Waals surface area contributed by atoms with Crippen LogP contribution in [0.3, 0.4) is 0 Å². The van der Waals surface area contributed by atoms with Crippen molar-refractivity contribution in [3.8, 4) is 23.0 Å². The van der Waals surface area contributed by atoms with Crippen LogP contribution >= 0.6 is 0 Å². The minimum Gasteiger partial charge on any atom is -0.504 e. The molecule has 0 unspecified atom stereocenters. The Hall–Kier alpha value is -3.52. The molecule has 32 heavy (non-hydrogen) atoms. The van der Waals surface area contributed by atoms with Crippen molar-refractivity contribution in [2.24, 2.45) is 0 Å². The van der Waals surface area contributed by atoms with Gasteiger partial charge in [0.25, 0.3) is 0 Å². The molecule has 8 nitrogen and oxygen atoms in total. The highest BCUT2D eigenvalue weighted by Gasteiger charge is 2.35. The van der Waals surface area contributed by atoms with E-state index in [9.17, 15) is 9.90 Å². The van der Waals surface area contributed by atoms with Gasteiger partial charge >= 0.3 is 0 Å². The van der Waals surface area contributed by atoms with Crippen LogP contribution in [0.25, 0.3) is 0 Å². The lowest BCUT2D eigenvalue weighted by atomic mass is 9.93. The number of methoxy groups -OCH3 is 1. The molecule has 1 aromatic heterocycles. The third kappa shape index (κ3) is 4.13. The number of likely N-dealkylation sites (tertiary alicyclic amines) is 1. The van der Waals surface area contributed by atoms with Crippen LogP contribution in [0.1, 0.15) is 29.2 Å². The van der Waals surface area contributed by atoms with Crippen molar-refractivity contribution in [1.29, 1.82) is 0 Å². The molecule has 166 valence electrons. The molecular formula is C24H26N4O4. The number of hydrogen-bond acceptors (Lipinski definition) is 6. The molecule has 1 fully saturated rings. The maximum Gasteiger partial charge on any atom is 0.220 e. The molecule has 4 bridgehead atoms. The molecule has 0 spiro atoms. The third-order valence-electron chi connectivity index (χ3n) is 6.19. The first-order valence-corrected chi connectivity index (χ1v) is 10.8. The van der Waals surface area contributed by atoms with Gasteiger partial charge in [-0.1, -0.05) is 12.1 Å². The van der Waals surface area contributed by atoms with Gasteiger partial charge in [0.05, 0.1) is 13.4 Å². The average Bonchev–Trinajstić information content (AvgIpc) is 3.44. The number of aryl methyl sites for hydroxylation is 1. The van der Waals surface area contributed by atoms with Crippen molar-refractivity contribution in [1.82, 2.24) is 20.2 Å². The normalized spacial score (nSPS) is 20.8. The second kappa shape index (κ2) is 8.55. The van der Waals surface area contributed by atoms with Crippen molar-refractivity contribution in [2.45, 2.75) is 31.3 Å². The summed E-state index contributed by atoms with van der Waals surface area (Å²) >= 11 is 0. The second-order valence-corrected chi connectivity index (χ2v) is 8.37. The standard InChI is InChI=1S/C24H26N4O4/c1-31-21-6-4-16-9-23(21)32-22-8-15(2-5-20(22)29)3-7-24(30)27-19-13-28(12-18(16)19)11-17-10-25-14-26-17/h2,4-6,8-10,14,18-19,29H,3,7,11-13H2,1H3,(H,25,26)(H,27,30)/t18-,19+/m0/s1. The lowest BCUT2D eigenvalue weighted by Gasteiger charge is -2.21. The van der Waals surface area contributed by atoms with Gasteiger partial charge in [-0.25, -0.2) is 4.98 Å². The number of fused-ring (bicyclic) bond motifs is 6. The Morgan fingerprint density at radius 1 is 1.19 bits per heavy atom. The molecule has 8 heteroatoms. The summed E-state index contributed by atoms with van der Waals surface area (Å²) in [6, 6.07) is 11.0. The zero-order valence-corrected chi connectivity index (χ0v) is 17.9. The van der Waals surface area contributed by atoms with E-state index in [1.54, 1.807) is 25.6 Å². The Morgan fingerprint density at radius 3 is 2.91 bits per heavy atom. The summed E-state index contributed by atoms with van der Waals surface area (Å²) < 4.78 is 11.6. The minimum absolute atomic E-state index is 0.0203. The van der Waals surface area contributed by atoms with Gasteiger partial charge in [-0.2, -0.15) is 0 Å². The van der Waals surface area contributed by atoms with Gasteiger partial charge in [-0.15, -0.1) is 0 Å². The maximum absolute atomic E-state index is 12.8. The first-order chi connectivity index (χ1) is 15.6. The second-order valence-electron chi connectivity index (χ2n) is 8.37. The number of rotatable bonds is 3. The number of imidazole rings is 1. The van der Waals surface area contributed by atoms with E-state index in [-0.39, 0.29) is 23.6 Å². The summed E-state index contributed by atoms with van der Waals surface area (Å²) in [5.74, 6) is 1.63. The van der Waals surface area contributed by atoms with Gasteiger partial charge in [0.1, 0.15) is 0 Å². The Kier molecular flexibility index (Phi) is 5.45. The summed E-state index contributed by atoms with van der Waals surface area (Å²) in [6.07, 6.45) is 4.44. The third-order valence-corrected chi connectivity index (χ3v) is 6.19. The van der Waals surface area contributed by atoms with Crippen LogP contribution in [0.15, 0.2) is 48.9 Å². The number of hydrogen-bond donors (Lipinski definition) is 3. The molecule has 2 atom stereocenters. The van der Waals surface area contributed by atoms with E-state index in [1.807, 2.05) is 30.5 Å². The van der Waals surface area contributed by atoms with Gasteiger partial charge in [0.15, 0.2) is 23.0 Å². The number of nitrogens with zero attached hydrogens (tertiary/aromatic N) is 2. The quantitative estimate of drug-likeness (QED) is 0.586. The van der Waals surface area contributed by atoms with Crippen LogP contribution < -0.4 is 14.8 Å². The highest BCUT2D eigenvalue weighted by molar-refractivity contribution is 5.77. The number of H-pyrrole nitrogens is 1. The van der Waals surface area contributed by atoms with Crippen LogP contribution in [0.5, 0.6) is 23.0 Å². The highest BCUT2D eigenvalue weighted by atomic mass is 16.5. The largest absolute Gasteiger partial charge is 0.504 e. The molecule has 3 N–H and O–H groups in total. The number of carbonyl (C=O) groups excluding carboxylic acids is 1. The van der Waals surface area contributed by atoms with Crippen molar-refractivity contribution >= 4 is 5.91 Å². The SMILES string of the molecule is COc1ccc2cc1Oc1cc(ccc1O)CCC(=O)N[C@@H]1CN(Cc3cnc[nH]3)C[C@@H]21. The van der Waals surface area contributed by atoms with Crippen LogP contribution in [0.2, 0.25) is 0 Å². The number of amides is 1. The average molecular weight is 434 g/mol. The molecule has 2 aromatic carbocycles. The summed E-state index contributed by atoms with van der Waals surface area (Å²) in [6.45, 7) is 2.27. The predicted molar refractivity (Wildman–Crippen MR) is 118 cm³/mol. The molecule has 2 aliphatic rings. The lowest BCUT2D eigenvalue weighted by Crippen LogP contribution is -2.39. The number of aromatic nitrogens is 2. The number of carbonyl (C=O) groups is 1. The molecule has 0 saturated carbocycles. The monoisotopic (exact) mass is 434 g/mol. The Bertz CT molecular complexity index is 1120. The molecule has 0 aliphatic carbocycles. The summed E-state index contributed by atoms with van der Waals surface area (Å²) in [5.41, 5.74) is 3.01. The number of phenols is 1. The fourth-order valence-electron chi connectivity index (χ4n) is 4.57. The number of phenolic OH excluding ortho intramolecular Hbond substituents is 1. The van der Waals surface area contributed by atoms with Crippen molar-refractivity contribution in [2.75, 3.05) is 20.2 Å². The number of benzene rings is 2. The first kappa shape index (κ1) is 20.4. The lowest BCUT2D eigenvalue weighted by molar-refractivity contribution is -0.121. The van der Waals surface area contributed by atoms with E-state index in [1.165, 1.54) is 0 Å². The van der Waals surface area contributed by atoms with Crippen molar-refractivity contribution in [3.63, 3.8) is 0 Å². The summed E-state index contributed by atoms with van der Waals surface area (Å²) in [4.78, 5) is 22.4. The van der Waals surface area contributed by atoms with Crippen molar-refractivity contribution in [3.05, 3.63) is 65.7 Å². The smallest absolute Gasteiger partial charge is 0.220 e. The summed E-state index contributed by atoms with van der Waals surface area (Å²) in [5, 5.41) is 13.6. The fraction of sp³-hybridized carbons (Fsp3) is 0.333. The topological polar surface area (TPSA) is 99.7 Å². The van der Waals surface area contributed by atoms with Crippen LogP contribution in [0, 0.1) is 0 Å². The Morgan fingerprint density at radius 2 is 2.09 bits per heavy atom. The van der Waals surface area contributed by atoms with Gasteiger partial charge in [0, 0.05) is 49.9 Å². The van der Waals surface area contributed by atoms with Crippen LogP contribution in [-0.4, -0.2) is 52.1 Å². The predicted octanol–water partition coefficient (Wildman–Crippen LogP) is 2.95. The summed E-state index contributed by atoms with van der Waals surface area (Å²) in [7, 11) is 1.59. The van der Waals surface area contributed by atoms with E-state index in [0.717, 1.165) is 36.5 Å². The van der Waals surface area contributed by atoms with E-state index in [4.69, 9.17) is 9.47 Å². The highest BCUT2D eigenvalue weighted by Crippen LogP contribution is 2.40. The molecule has 1 amide bonds. The number of aromatic amines is 1. The molecule has 0 radical (unpaired) electrons. The Balaban J connectivity index is 1.52.